The zero-order valence-electron chi connectivity index (χ0n) is 10.2. The summed E-state index contributed by atoms with van der Waals surface area (Å²) in [7, 11) is 0. The highest BCUT2D eigenvalue weighted by Gasteiger charge is 2.43. The Morgan fingerprint density at radius 3 is 2.35 bits per heavy atom. The molecule has 1 saturated heterocycles. The standard InChI is InChI=1S/C11H19F3N2O/c1-3-10(4-6-15-7-5-10)9(17)16-8(2)11(12,13)14/h8,15H,3-7H2,1-2H3,(H,16,17). The first-order valence-corrected chi connectivity index (χ1v) is 5.90. The van der Waals surface area contributed by atoms with Crippen molar-refractivity contribution in [2.75, 3.05) is 13.1 Å². The summed E-state index contributed by atoms with van der Waals surface area (Å²) in [4.78, 5) is 12.0. The van der Waals surface area contributed by atoms with Gasteiger partial charge in [-0.05, 0) is 39.3 Å². The van der Waals surface area contributed by atoms with E-state index in [1.807, 2.05) is 6.92 Å². The highest BCUT2D eigenvalue weighted by Crippen LogP contribution is 2.33. The average molecular weight is 252 g/mol. The van der Waals surface area contributed by atoms with E-state index in [2.05, 4.69) is 10.6 Å². The predicted octanol–water partition coefficient (Wildman–Crippen LogP) is 1.83. The molecule has 0 saturated carbocycles. The first-order valence-electron chi connectivity index (χ1n) is 5.90. The normalized spacial score (nSPS) is 21.9. The Morgan fingerprint density at radius 1 is 1.41 bits per heavy atom. The highest BCUT2D eigenvalue weighted by molar-refractivity contribution is 5.83. The Hall–Kier alpha value is -0.780. The molecule has 0 bridgehead atoms. The smallest absolute Gasteiger partial charge is 0.344 e. The third-order valence-electron chi connectivity index (χ3n) is 3.56. The number of carbonyl (C=O) groups is 1. The molecular weight excluding hydrogens is 233 g/mol. The van der Waals surface area contributed by atoms with E-state index in [1.165, 1.54) is 0 Å². The van der Waals surface area contributed by atoms with Crippen LogP contribution >= 0.6 is 0 Å². The number of rotatable bonds is 3. The Labute approximate surface area is 99.1 Å². The lowest BCUT2D eigenvalue weighted by molar-refractivity contribution is -0.162. The average Bonchev–Trinajstić information content (AvgIpc) is 2.28. The van der Waals surface area contributed by atoms with Gasteiger partial charge in [-0.1, -0.05) is 6.92 Å². The summed E-state index contributed by atoms with van der Waals surface area (Å²) >= 11 is 0. The molecule has 3 nitrogen and oxygen atoms in total. The summed E-state index contributed by atoms with van der Waals surface area (Å²) in [5.74, 6) is -0.466. The second kappa shape index (κ2) is 5.25. The molecule has 100 valence electrons. The molecule has 0 aromatic rings. The van der Waals surface area contributed by atoms with Gasteiger partial charge in [0.15, 0.2) is 0 Å². The predicted molar refractivity (Wildman–Crippen MR) is 58.5 cm³/mol. The van der Waals surface area contributed by atoms with Gasteiger partial charge in [-0.2, -0.15) is 13.2 Å². The lowest BCUT2D eigenvalue weighted by Gasteiger charge is -2.36. The van der Waals surface area contributed by atoms with E-state index < -0.39 is 23.5 Å². The number of hydrogen-bond donors (Lipinski definition) is 2. The van der Waals surface area contributed by atoms with Gasteiger partial charge in [0.2, 0.25) is 5.91 Å². The van der Waals surface area contributed by atoms with Crippen LogP contribution in [0.4, 0.5) is 13.2 Å². The second-order valence-corrected chi connectivity index (χ2v) is 4.62. The fourth-order valence-corrected chi connectivity index (χ4v) is 2.08. The summed E-state index contributed by atoms with van der Waals surface area (Å²) in [6.07, 6.45) is -2.61. The molecule has 1 fully saturated rings. The van der Waals surface area contributed by atoms with E-state index in [0.29, 0.717) is 32.4 Å². The monoisotopic (exact) mass is 252 g/mol. The Bertz CT molecular complexity index is 272. The first kappa shape index (κ1) is 14.3. The molecule has 0 spiro atoms. The summed E-state index contributed by atoms with van der Waals surface area (Å²) < 4.78 is 37.1. The van der Waals surface area contributed by atoms with Crippen LogP contribution in [0.1, 0.15) is 33.1 Å². The SMILES string of the molecule is CCC1(C(=O)NC(C)C(F)(F)F)CCNCC1. The molecule has 6 heteroatoms. The number of halogens is 3. The van der Waals surface area contributed by atoms with Crippen LogP contribution in [0.15, 0.2) is 0 Å². The second-order valence-electron chi connectivity index (χ2n) is 4.62. The zero-order valence-corrected chi connectivity index (χ0v) is 10.2. The van der Waals surface area contributed by atoms with Crippen LogP contribution in [0.25, 0.3) is 0 Å². The fraction of sp³-hybridized carbons (Fsp3) is 0.909. The van der Waals surface area contributed by atoms with Gasteiger partial charge in [0.25, 0.3) is 0 Å². The molecular formula is C11H19F3N2O. The lowest BCUT2D eigenvalue weighted by Crippen LogP contribution is -2.52. The molecule has 2 N–H and O–H groups in total. The van der Waals surface area contributed by atoms with Crippen molar-refractivity contribution in [1.29, 1.82) is 0 Å². The van der Waals surface area contributed by atoms with Crippen molar-refractivity contribution in [3.63, 3.8) is 0 Å². The number of carbonyl (C=O) groups excluding carboxylic acids is 1. The first-order chi connectivity index (χ1) is 7.82. The van der Waals surface area contributed by atoms with Gasteiger partial charge < -0.3 is 10.6 Å². The molecule has 1 aliphatic heterocycles. The molecule has 1 atom stereocenters. The van der Waals surface area contributed by atoms with Crippen LogP contribution in [0.2, 0.25) is 0 Å². The van der Waals surface area contributed by atoms with Gasteiger partial charge in [-0.15, -0.1) is 0 Å². The van der Waals surface area contributed by atoms with E-state index in [-0.39, 0.29) is 0 Å². The van der Waals surface area contributed by atoms with Gasteiger partial charge in [-0.25, -0.2) is 0 Å². The van der Waals surface area contributed by atoms with Crippen LogP contribution < -0.4 is 10.6 Å². The molecule has 0 aliphatic carbocycles. The van der Waals surface area contributed by atoms with E-state index in [1.54, 1.807) is 0 Å². The summed E-state index contributed by atoms with van der Waals surface area (Å²) in [5, 5.41) is 5.20. The van der Waals surface area contributed by atoms with Crippen molar-refractivity contribution in [2.45, 2.75) is 45.3 Å². The third-order valence-corrected chi connectivity index (χ3v) is 3.56. The topological polar surface area (TPSA) is 41.1 Å². The van der Waals surface area contributed by atoms with Crippen molar-refractivity contribution >= 4 is 5.91 Å². The number of amides is 1. The van der Waals surface area contributed by atoms with E-state index in [9.17, 15) is 18.0 Å². The van der Waals surface area contributed by atoms with Crippen LogP contribution in [0.3, 0.4) is 0 Å². The minimum Gasteiger partial charge on any atom is -0.344 e. The van der Waals surface area contributed by atoms with E-state index >= 15 is 0 Å². The third kappa shape index (κ3) is 3.34. The molecule has 1 heterocycles. The van der Waals surface area contributed by atoms with Gasteiger partial charge in [0.1, 0.15) is 6.04 Å². The number of alkyl halides is 3. The van der Waals surface area contributed by atoms with Crippen LogP contribution in [0.5, 0.6) is 0 Å². The molecule has 0 aromatic carbocycles. The van der Waals surface area contributed by atoms with Crippen LogP contribution in [-0.4, -0.2) is 31.2 Å². The largest absolute Gasteiger partial charge is 0.408 e. The fourth-order valence-electron chi connectivity index (χ4n) is 2.08. The van der Waals surface area contributed by atoms with Crippen molar-refractivity contribution < 1.29 is 18.0 Å². The van der Waals surface area contributed by atoms with Gasteiger partial charge >= 0.3 is 6.18 Å². The zero-order chi connectivity index (χ0) is 13.1. The maximum absolute atomic E-state index is 12.4. The number of piperidine rings is 1. The maximum atomic E-state index is 12.4. The molecule has 0 radical (unpaired) electrons. The summed E-state index contributed by atoms with van der Waals surface area (Å²) in [6, 6.07) is -1.78. The van der Waals surface area contributed by atoms with Gasteiger partial charge in [0, 0.05) is 0 Å². The quantitative estimate of drug-likeness (QED) is 0.804. The van der Waals surface area contributed by atoms with Crippen molar-refractivity contribution in [2.24, 2.45) is 5.41 Å². The Kier molecular flexibility index (Phi) is 4.41. The molecule has 17 heavy (non-hydrogen) atoms. The van der Waals surface area contributed by atoms with Crippen LogP contribution in [-0.2, 0) is 4.79 Å². The van der Waals surface area contributed by atoms with Crippen molar-refractivity contribution in [3.8, 4) is 0 Å². The molecule has 1 unspecified atom stereocenters. The Balaban J connectivity index is 2.67. The number of hydrogen-bond acceptors (Lipinski definition) is 2. The summed E-state index contributed by atoms with van der Waals surface area (Å²) in [5.41, 5.74) is -0.634. The minimum absolute atomic E-state index is 0.466. The highest BCUT2D eigenvalue weighted by atomic mass is 19.4. The van der Waals surface area contributed by atoms with E-state index in [0.717, 1.165) is 6.92 Å². The molecule has 1 rings (SSSR count). The number of nitrogens with one attached hydrogen (secondary N) is 2. The minimum atomic E-state index is -4.38. The maximum Gasteiger partial charge on any atom is 0.408 e. The van der Waals surface area contributed by atoms with E-state index in [4.69, 9.17) is 0 Å². The van der Waals surface area contributed by atoms with Crippen molar-refractivity contribution in [1.82, 2.24) is 10.6 Å². The van der Waals surface area contributed by atoms with Gasteiger partial charge in [0.05, 0.1) is 5.41 Å². The Morgan fingerprint density at radius 2 is 1.94 bits per heavy atom. The van der Waals surface area contributed by atoms with Crippen LogP contribution in [0, 0.1) is 5.41 Å². The molecule has 0 aromatic heterocycles. The van der Waals surface area contributed by atoms with Crippen molar-refractivity contribution in [3.05, 3.63) is 0 Å². The molecule has 1 aliphatic rings. The van der Waals surface area contributed by atoms with Gasteiger partial charge in [-0.3, -0.25) is 4.79 Å². The lowest BCUT2D eigenvalue weighted by atomic mass is 9.75. The summed E-state index contributed by atoms with van der Waals surface area (Å²) in [6.45, 7) is 4.19. The molecule has 1 amide bonds.